The molecule has 0 amide bonds. The summed E-state index contributed by atoms with van der Waals surface area (Å²) in [7, 11) is -3.81. The Bertz CT molecular complexity index is 722. The highest BCUT2D eigenvalue weighted by Gasteiger charge is 2.17. The van der Waals surface area contributed by atoms with E-state index in [4.69, 9.17) is 5.73 Å². The topological polar surface area (TPSA) is 140 Å². The van der Waals surface area contributed by atoms with Gasteiger partial charge >= 0.3 is 0 Å². The Morgan fingerprint density at radius 3 is 2.68 bits per heavy atom. The van der Waals surface area contributed by atoms with E-state index in [2.05, 4.69) is 15.0 Å². The molecule has 0 heterocycles. The second kappa shape index (κ2) is 9.87. The van der Waals surface area contributed by atoms with Crippen molar-refractivity contribution >= 4 is 45.6 Å². The first-order chi connectivity index (χ1) is 11.4. The number of sulfonamides is 1. The van der Waals surface area contributed by atoms with E-state index in [1.807, 2.05) is 0 Å². The van der Waals surface area contributed by atoms with Gasteiger partial charge in [0.15, 0.2) is 5.96 Å². The first-order valence-corrected chi connectivity index (χ1v) is 9.15. The molecule has 0 spiro atoms. The monoisotopic (exact) mass is 483 g/mol. The highest BCUT2D eigenvalue weighted by molar-refractivity contribution is 14.0. The number of hydrogen-bond acceptors (Lipinski definition) is 5. The molecule has 1 aromatic carbocycles. The Hall–Kier alpha value is -1.47. The second-order valence-corrected chi connectivity index (χ2v) is 7.37. The Morgan fingerprint density at radius 1 is 1.36 bits per heavy atom. The molecule has 0 radical (unpaired) electrons. The molecule has 1 aliphatic carbocycles. The third kappa shape index (κ3) is 6.74. The normalized spacial score (nSPS) is 15.1. The van der Waals surface area contributed by atoms with Crippen LogP contribution < -0.4 is 15.8 Å². The summed E-state index contributed by atoms with van der Waals surface area (Å²) in [5.41, 5.74) is 5.43. The van der Waals surface area contributed by atoms with Crippen LogP contribution in [0.3, 0.4) is 0 Å². The Balaban J connectivity index is 0.00000312. The van der Waals surface area contributed by atoms with Crippen molar-refractivity contribution in [3.8, 4) is 0 Å². The number of rotatable bonds is 8. The predicted molar refractivity (Wildman–Crippen MR) is 106 cm³/mol. The maximum atomic E-state index is 12.1. The number of nitrogens with zero attached hydrogens (tertiary/aromatic N) is 2. The van der Waals surface area contributed by atoms with Crippen LogP contribution in [0.2, 0.25) is 0 Å². The van der Waals surface area contributed by atoms with E-state index in [1.165, 1.54) is 37.5 Å². The molecule has 25 heavy (non-hydrogen) atoms. The van der Waals surface area contributed by atoms with Crippen molar-refractivity contribution in [2.24, 2.45) is 16.6 Å². The molecule has 140 valence electrons. The van der Waals surface area contributed by atoms with E-state index in [9.17, 15) is 18.5 Å². The molecule has 11 heteroatoms. The van der Waals surface area contributed by atoms with Crippen LogP contribution in [0.25, 0.3) is 0 Å². The second-order valence-electron chi connectivity index (χ2n) is 5.60. The minimum atomic E-state index is -3.81. The van der Waals surface area contributed by atoms with Crippen molar-refractivity contribution in [2.45, 2.75) is 24.2 Å². The van der Waals surface area contributed by atoms with Gasteiger partial charge < -0.3 is 11.1 Å². The zero-order valence-electron chi connectivity index (χ0n) is 13.6. The van der Waals surface area contributed by atoms with Crippen LogP contribution in [-0.4, -0.2) is 38.9 Å². The molecule has 0 unspecified atom stereocenters. The molecule has 0 atom stereocenters. The van der Waals surface area contributed by atoms with Gasteiger partial charge in [-0.2, -0.15) is 0 Å². The maximum absolute atomic E-state index is 12.1. The summed E-state index contributed by atoms with van der Waals surface area (Å²) in [6.45, 7) is 1.05. The minimum absolute atomic E-state index is 0. The van der Waals surface area contributed by atoms with E-state index in [0.717, 1.165) is 6.07 Å². The van der Waals surface area contributed by atoms with Gasteiger partial charge in [-0.15, -0.1) is 24.0 Å². The number of nitrogens with two attached hydrogens (primary N) is 1. The van der Waals surface area contributed by atoms with Crippen molar-refractivity contribution in [1.29, 1.82) is 0 Å². The number of aliphatic imine (C=N–C) groups is 1. The first kappa shape index (κ1) is 21.6. The molecule has 0 aliphatic heterocycles. The predicted octanol–water partition coefficient (Wildman–Crippen LogP) is 1.20. The lowest BCUT2D eigenvalue weighted by Gasteiger charge is -2.23. The van der Waals surface area contributed by atoms with Gasteiger partial charge in [0.25, 0.3) is 5.69 Å². The van der Waals surface area contributed by atoms with Gasteiger partial charge in [-0.25, -0.2) is 13.1 Å². The number of non-ortho nitro benzene ring substituents is 1. The van der Waals surface area contributed by atoms with Crippen LogP contribution in [-0.2, 0) is 10.0 Å². The summed E-state index contributed by atoms with van der Waals surface area (Å²) in [5.74, 6) is 0.897. The van der Waals surface area contributed by atoms with Gasteiger partial charge in [-0.3, -0.25) is 15.1 Å². The fourth-order valence-electron chi connectivity index (χ4n) is 2.18. The van der Waals surface area contributed by atoms with Gasteiger partial charge in [0.1, 0.15) is 0 Å². The Morgan fingerprint density at radius 2 is 2.08 bits per heavy atom. The summed E-state index contributed by atoms with van der Waals surface area (Å²) in [6.07, 6.45) is 3.60. The van der Waals surface area contributed by atoms with E-state index in [1.54, 1.807) is 0 Å². The summed E-state index contributed by atoms with van der Waals surface area (Å²) >= 11 is 0. The van der Waals surface area contributed by atoms with Crippen LogP contribution in [0.1, 0.15) is 19.3 Å². The largest absolute Gasteiger partial charge is 0.370 e. The molecule has 0 saturated heterocycles. The van der Waals surface area contributed by atoms with Crippen LogP contribution in [0, 0.1) is 16.0 Å². The molecule has 0 aromatic heterocycles. The summed E-state index contributed by atoms with van der Waals surface area (Å²) in [4.78, 5) is 14.1. The van der Waals surface area contributed by atoms with Gasteiger partial charge in [0, 0.05) is 31.8 Å². The minimum Gasteiger partial charge on any atom is -0.370 e. The fraction of sp³-hybridized carbons (Fsp3) is 0.500. The number of nitrogens with one attached hydrogen (secondary N) is 2. The molecule has 0 bridgehead atoms. The van der Waals surface area contributed by atoms with E-state index in [-0.39, 0.29) is 53.6 Å². The number of nitro benzene ring substituents is 1. The SMILES string of the molecule is I.NC(=NCC1CCC1)NCCNS(=O)(=O)c1cccc([N+](=O)[O-])c1. The average molecular weight is 483 g/mol. The van der Waals surface area contributed by atoms with Crippen molar-refractivity contribution in [3.05, 3.63) is 34.4 Å². The van der Waals surface area contributed by atoms with Crippen LogP contribution >= 0.6 is 24.0 Å². The number of nitro groups is 1. The van der Waals surface area contributed by atoms with Gasteiger partial charge in [-0.1, -0.05) is 12.5 Å². The van der Waals surface area contributed by atoms with Crippen LogP contribution in [0.4, 0.5) is 5.69 Å². The van der Waals surface area contributed by atoms with Crippen LogP contribution in [0.15, 0.2) is 34.2 Å². The van der Waals surface area contributed by atoms with Gasteiger partial charge in [-0.05, 0) is 24.8 Å². The molecular weight excluding hydrogens is 461 g/mol. The highest BCUT2D eigenvalue weighted by atomic mass is 127. The lowest BCUT2D eigenvalue weighted by Crippen LogP contribution is -2.38. The average Bonchev–Trinajstić information content (AvgIpc) is 2.50. The Labute approximate surface area is 163 Å². The molecule has 1 saturated carbocycles. The highest BCUT2D eigenvalue weighted by Crippen LogP contribution is 2.26. The maximum Gasteiger partial charge on any atom is 0.270 e. The molecule has 1 aliphatic rings. The van der Waals surface area contributed by atoms with Crippen molar-refractivity contribution in [1.82, 2.24) is 10.0 Å². The van der Waals surface area contributed by atoms with E-state index >= 15 is 0 Å². The summed E-state index contributed by atoms with van der Waals surface area (Å²) in [5, 5.41) is 13.5. The van der Waals surface area contributed by atoms with Crippen molar-refractivity contribution in [3.63, 3.8) is 0 Å². The quantitative estimate of drug-likeness (QED) is 0.127. The third-order valence-corrected chi connectivity index (χ3v) is 5.27. The zero-order valence-corrected chi connectivity index (χ0v) is 16.7. The van der Waals surface area contributed by atoms with Gasteiger partial charge in [0.05, 0.1) is 9.82 Å². The van der Waals surface area contributed by atoms with Crippen molar-refractivity contribution < 1.29 is 13.3 Å². The number of hydrogen-bond donors (Lipinski definition) is 3. The standard InChI is InChI=1S/C14H21N5O4S.HI/c15-14(17-10-11-3-1-4-11)16-7-8-18-24(22,23)13-6-2-5-12(9-13)19(20)21;/h2,5-6,9,11,18H,1,3-4,7-8,10H2,(H3,15,16,17);1H. The molecule has 9 nitrogen and oxygen atoms in total. The van der Waals surface area contributed by atoms with Crippen molar-refractivity contribution in [2.75, 3.05) is 19.6 Å². The first-order valence-electron chi connectivity index (χ1n) is 7.66. The number of halogens is 1. The summed E-state index contributed by atoms with van der Waals surface area (Å²) < 4.78 is 26.5. The van der Waals surface area contributed by atoms with E-state index in [0.29, 0.717) is 12.5 Å². The van der Waals surface area contributed by atoms with E-state index < -0.39 is 14.9 Å². The summed E-state index contributed by atoms with van der Waals surface area (Å²) in [6, 6.07) is 4.89. The number of guanidine groups is 1. The molecular formula is C14H22IN5O4S. The molecule has 2 rings (SSSR count). The third-order valence-electron chi connectivity index (χ3n) is 3.81. The Kier molecular flexibility index (Phi) is 8.52. The molecule has 4 N–H and O–H groups in total. The molecule has 1 aromatic rings. The fourth-order valence-corrected chi connectivity index (χ4v) is 3.25. The lowest BCUT2D eigenvalue weighted by molar-refractivity contribution is -0.385. The van der Waals surface area contributed by atoms with Gasteiger partial charge in [0.2, 0.25) is 10.0 Å². The lowest BCUT2D eigenvalue weighted by atomic mass is 9.86. The zero-order chi connectivity index (χ0) is 17.6. The molecule has 1 fully saturated rings. The number of benzene rings is 1. The smallest absolute Gasteiger partial charge is 0.270 e. The van der Waals surface area contributed by atoms with Crippen LogP contribution in [0.5, 0.6) is 0 Å².